The first-order chi connectivity index (χ1) is 8.99. The second-order valence-corrected chi connectivity index (χ2v) is 4.41. The number of rotatable bonds is 5. The fourth-order valence-electron chi connectivity index (χ4n) is 1.63. The van der Waals surface area contributed by atoms with Gasteiger partial charge in [0.1, 0.15) is 11.8 Å². The van der Waals surface area contributed by atoms with Crippen molar-refractivity contribution in [3.05, 3.63) is 29.8 Å². The van der Waals surface area contributed by atoms with Crippen LogP contribution in [0.25, 0.3) is 0 Å². The average Bonchev–Trinajstić information content (AvgIpc) is 2.43. The molecule has 0 bridgehead atoms. The van der Waals surface area contributed by atoms with Crippen LogP contribution in [-0.2, 0) is 9.53 Å². The molecule has 0 aliphatic rings. The van der Waals surface area contributed by atoms with Crippen LogP contribution in [0.15, 0.2) is 24.3 Å². The highest BCUT2D eigenvalue weighted by atomic mass is 16.5. The second-order valence-electron chi connectivity index (χ2n) is 4.41. The van der Waals surface area contributed by atoms with Gasteiger partial charge in [0.25, 0.3) is 5.91 Å². The van der Waals surface area contributed by atoms with Crippen LogP contribution in [0.5, 0.6) is 5.75 Å². The molecule has 2 N–H and O–H groups in total. The van der Waals surface area contributed by atoms with Crippen LogP contribution in [0.1, 0.15) is 30.6 Å². The molecule has 1 aromatic rings. The standard InChI is InChI=1S/C14H19NO4/c1-4-9(2)12(14(18)19-3)15-13(17)10-5-7-11(16)8-6-10/h5-9,12,16H,4H2,1-3H3,(H,15,17)/t9-,12-/m1/s1. The molecule has 0 radical (unpaired) electrons. The minimum atomic E-state index is -0.670. The van der Waals surface area contributed by atoms with Crippen molar-refractivity contribution in [2.75, 3.05) is 7.11 Å². The maximum atomic E-state index is 12.0. The zero-order chi connectivity index (χ0) is 14.4. The summed E-state index contributed by atoms with van der Waals surface area (Å²) < 4.78 is 4.70. The topological polar surface area (TPSA) is 75.6 Å². The zero-order valence-electron chi connectivity index (χ0n) is 11.3. The molecule has 5 heteroatoms. The van der Waals surface area contributed by atoms with E-state index >= 15 is 0 Å². The number of hydrogen-bond donors (Lipinski definition) is 2. The monoisotopic (exact) mass is 265 g/mol. The predicted octanol–water partition coefficient (Wildman–Crippen LogP) is 1.71. The number of phenols is 1. The van der Waals surface area contributed by atoms with Crippen LogP contribution in [0.2, 0.25) is 0 Å². The molecule has 104 valence electrons. The number of esters is 1. The lowest BCUT2D eigenvalue weighted by molar-refractivity contribution is -0.144. The van der Waals surface area contributed by atoms with Gasteiger partial charge >= 0.3 is 5.97 Å². The third kappa shape index (κ3) is 3.98. The average molecular weight is 265 g/mol. The smallest absolute Gasteiger partial charge is 0.328 e. The number of phenolic OH excluding ortho intramolecular Hbond substituents is 1. The van der Waals surface area contributed by atoms with Crippen LogP contribution >= 0.6 is 0 Å². The van der Waals surface area contributed by atoms with Crippen LogP contribution < -0.4 is 5.32 Å². The first kappa shape index (κ1) is 15.0. The summed E-state index contributed by atoms with van der Waals surface area (Å²) in [5, 5.41) is 11.8. The summed E-state index contributed by atoms with van der Waals surface area (Å²) in [5.41, 5.74) is 0.384. The van der Waals surface area contributed by atoms with E-state index in [0.29, 0.717) is 5.56 Å². The van der Waals surface area contributed by atoms with Crippen molar-refractivity contribution in [3.8, 4) is 5.75 Å². The van der Waals surface area contributed by atoms with E-state index in [1.807, 2.05) is 13.8 Å². The Balaban J connectivity index is 2.81. The second kappa shape index (κ2) is 6.78. The molecular weight excluding hydrogens is 246 g/mol. The minimum Gasteiger partial charge on any atom is -0.508 e. The molecule has 0 fully saturated rings. The third-order valence-corrected chi connectivity index (χ3v) is 3.08. The zero-order valence-corrected chi connectivity index (χ0v) is 11.3. The van der Waals surface area contributed by atoms with E-state index in [0.717, 1.165) is 6.42 Å². The molecule has 19 heavy (non-hydrogen) atoms. The molecular formula is C14H19NO4. The Kier molecular flexibility index (Phi) is 5.36. The van der Waals surface area contributed by atoms with Gasteiger partial charge in [0, 0.05) is 5.56 Å². The Morgan fingerprint density at radius 2 is 1.89 bits per heavy atom. The molecule has 2 atom stereocenters. The van der Waals surface area contributed by atoms with Crippen LogP contribution in [-0.4, -0.2) is 30.1 Å². The molecule has 0 aromatic heterocycles. The lowest BCUT2D eigenvalue weighted by atomic mass is 9.99. The Morgan fingerprint density at radius 1 is 1.32 bits per heavy atom. The van der Waals surface area contributed by atoms with Gasteiger partial charge in [-0.2, -0.15) is 0 Å². The van der Waals surface area contributed by atoms with Crippen molar-refractivity contribution in [1.29, 1.82) is 0 Å². The molecule has 5 nitrogen and oxygen atoms in total. The molecule has 1 rings (SSSR count). The van der Waals surface area contributed by atoms with Crippen molar-refractivity contribution < 1.29 is 19.4 Å². The lowest BCUT2D eigenvalue weighted by Crippen LogP contribution is -2.45. The Hall–Kier alpha value is -2.04. The summed E-state index contributed by atoms with van der Waals surface area (Å²) in [6.45, 7) is 3.81. The van der Waals surface area contributed by atoms with E-state index in [9.17, 15) is 9.59 Å². The van der Waals surface area contributed by atoms with Gasteiger partial charge in [0.15, 0.2) is 0 Å². The molecule has 1 aromatic carbocycles. The predicted molar refractivity (Wildman–Crippen MR) is 70.8 cm³/mol. The van der Waals surface area contributed by atoms with E-state index in [-0.39, 0.29) is 17.6 Å². The molecule has 0 spiro atoms. The fraction of sp³-hybridized carbons (Fsp3) is 0.429. The van der Waals surface area contributed by atoms with E-state index in [2.05, 4.69) is 5.32 Å². The van der Waals surface area contributed by atoms with Gasteiger partial charge in [0.05, 0.1) is 7.11 Å². The van der Waals surface area contributed by atoms with Crippen LogP contribution in [0.4, 0.5) is 0 Å². The summed E-state index contributed by atoms with van der Waals surface area (Å²) in [6.07, 6.45) is 0.746. The van der Waals surface area contributed by atoms with Gasteiger partial charge in [-0.05, 0) is 30.2 Å². The van der Waals surface area contributed by atoms with Crippen molar-refractivity contribution in [2.45, 2.75) is 26.3 Å². The molecule has 0 aliphatic heterocycles. The van der Waals surface area contributed by atoms with Gasteiger partial charge in [-0.25, -0.2) is 4.79 Å². The third-order valence-electron chi connectivity index (χ3n) is 3.08. The van der Waals surface area contributed by atoms with Gasteiger partial charge in [-0.15, -0.1) is 0 Å². The maximum absolute atomic E-state index is 12.0. The van der Waals surface area contributed by atoms with Crippen molar-refractivity contribution in [2.24, 2.45) is 5.92 Å². The van der Waals surface area contributed by atoms with Gasteiger partial charge in [-0.1, -0.05) is 20.3 Å². The van der Waals surface area contributed by atoms with Crippen LogP contribution in [0, 0.1) is 5.92 Å². The first-order valence-electron chi connectivity index (χ1n) is 6.17. The molecule has 0 saturated heterocycles. The van der Waals surface area contributed by atoms with Gasteiger partial charge in [-0.3, -0.25) is 4.79 Å². The number of benzene rings is 1. The fourth-order valence-corrected chi connectivity index (χ4v) is 1.63. The lowest BCUT2D eigenvalue weighted by Gasteiger charge is -2.21. The van der Waals surface area contributed by atoms with Gasteiger partial charge < -0.3 is 15.2 Å². The summed E-state index contributed by atoms with van der Waals surface area (Å²) in [6, 6.07) is 5.17. The number of methoxy groups -OCH3 is 1. The molecule has 0 aliphatic carbocycles. The van der Waals surface area contributed by atoms with Crippen molar-refractivity contribution >= 4 is 11.9 Å². The Morgan fingerprint density at radius 3 is 2.37 bits per heavy atom. The van der Waals surface area contributed by atoms with E-state index in [1.54, 1.807) is 0 Å². The molecule has 0 unspecified atom stereocenters. The summed E-state index contributed by atoms with van der Waals surface area (Å²) in [5.74, 6) is -0.756. The van der Waals surface area contributed by atoms with Crippen LogP contribution in [0.3, 0.4) is 0 Å². The number of aromatic hydroxyl groups is 1. The largest absolute Gasteiger partial charge is 0.508 e. The molecule has 0 saturated carbocycles. The summed E-state index contributed by atoms with van der Waals surface area (Å²) >= 11 is 0. The van der Waals surface area contributed by atoms with Gasteiger partial charge in [0.2, 0.25) is 0 Å². The summed E-state index contributed by atoms with van der Waals surface area (Å²) in [4.78, 5) is 23.7. The SMILES string of the molecule is CC[C@@H](C)[C@@H](NC(=O)c1ccc(O)cc1)C(=O)OC. The molecule has 1 amide bonds. The number of nitrogens with one attached hydrogen (secondary N) is 1. The number of carbonyl (C=O) groups is 2. The first-order valence-corrected chi connectivity index (χ1v) is 6.17. The number of amides is 1. The Bertz CT molecular complexity index is 441. The highest BCUT2D eigenvalue weighted by Gasteiger charge is 2.26. The van der Waals surface area contributed by atoms with Crippen molar-refractivity contribution in [3.63, 3.8) is 0 Å². The van der Waals surface area contributed by atoms with Crippen molar-refractivity contribution in [1.82, 2.24) is 5.32 Å². The van der Waals surface area contributed by atoms with E-state index in [4.69, 9.17) is 9.84 Å². The number of ether oxygens (including phenoxy) is 1. The number of hydrogen-bond acceptors (Lipinski definition) is 4. The normalized spacial score (nSPS) is 13.4. The highest BCUT2D eigenvalue weighted by molar-refractivity contribution is 5.96. The quantitative estimate of drug-likeness (QED) is 0.795. The molecule has 0 heterocycles. The van der Waals surface area contributed by atoms with E-state index < -0.39 is 12.0 Å². The maximum Gasteiger partial charge on any atom is 0.328 e. The highest BCUT2D eigenvalue weighted by Crippen LogP contribution is 2.12. The minimum absolute atomic E-state index is 0.0199. The Labute approximate surface area is 112 Å². The summed E-state index contributed by atoms with van der Waals surface area (Å²) in [7, 11) is 1.30. The van der Waals surface area contributed by atoms with E-state index in [1.165, 1.54) is 31.4 Å². The number of carbonyl (C=O) groups excluding carboxylic acids is 2.